The number of ether oxygens (including phenoxy) is 2. The predicted molar refractivity (Wildman–Crippen MR) is 132 cm³/mol. The van der Waals surface area contributed by atoms with Crippen molar-refractivity contribution in [3.63, 3.8) is 0 Å². The van der Waals surface area contributed by atoms with E-state index in [2.05, 4.69) is 21.2 Å². The molecule has 3 rings (SSSR count). The van der Waals surface area contributed by atoms with Crippen LogP contribution < -0.4 is 14.8 Å². The Hall–Kier alpha value is -1.50. The molecule has 164 valence electrons. The molecule has 0 radical (unpaired) electrons. The lowest BCUT2D eigenvalue weighted by Gasteiger charge is -2.16. The van der Waals surface area contributed by atoms with Gasteiger partial charge in [0.15, 0.2) is 17.2 Å². The molecule has 0 spiro atoms. The first-order valence-electron chi connectivity index (χ1n) is 9.22. The molecule has 3 aromatic carbocycles. The summed E-state index contributed by atoms with van der Waals surface area (Å²) in [6, 6.07) is 12.2. The van der Waals surface area contributed by atoms with E-state index in [1.807, 2.05) is 25.1 Å². The average Bonchev–Trinajstić information content (AvgIpc) is 2.72. The van der Waals surface area contributed by atoms with Gasteiger partial charge in [0, 0.05) is 32.3 Å². The molecule has 4 nitrogen and oxygen atoms in total. The summed E-state index contributed by atoms with van der Waals surface area (Å²) >= 11 is 27.8. The molecule has 31 heavy (non-hydrogen) atoms. The molecule has 2 N–H and O–H groups in total. The van der Waals surface area contributed by atoms with Crippen molar-refractivity contribution < 1.29 is 14.6 Å². The summed E-state index contributed by atoms with van der Waals surface area (Å²) < 4.78 is 12.6. The van der Waals surface area contributed by atoms with Gasteiger partial charge in [-0.1, -0.05) is 68.4 Å². The monoisotopic (exact) mass is 563 g/mol. The Morgan fingerprint density at radius 2 is 1.55 bits per heavy atom. The molecule has 0 saturated heterocycles. The highest BCUT2D eigenvalue weighted by Crippen LogP contribution is 2.37. The molecule has 0 fully saturated rings. The Bertz CT molecular complexity index is 1070. The number of anilines is 1. The van der Waals surface area contributed by atoms with E-state index in [4.69, 9.17) is 55.9 Å². The minimum atomic E-state index is -0.143. The molecule has 0 aliphatic heterocycles. The van der Waals surface area contributed by atoms with Crippen LogP contribution in [0.3, 0.4) is 0 Å². The van der Waals surface area contributed by atoms with E-state index < -0.39 is 0 Å². The van der Waals surface area contributed by atoms with Gasteiger partial charge < -0.3 is 19.9 Å². The fourth-order valence-electron chi connectivity index (χ4n) is 2.75. The molecular weight excluding hydrogens is 548 g/mol. The van der Waals surface area contributed by atoms with Gasteiger partial charge in [-0.05, 0) is 48.9 Å². The van der Waals surface area contributed by atoms with E-state index >= 15 is 0 Å². The molecule has 0 atom stereocenters. The van der Waals surface area contributed by atoms with Crippen molar-refractivity contribution in [2.75, 3.05) is 11.9 Å². The molecule has 3 aromatic rings. The van der Waals surface area contributed by atoms with Crippen LogP contribution in [0.25, 0.3) is 0 Å². The van der Waals surface area contributed by atoms with Gasteiger partial charge in [0.1, 0.15) is 6.61 Å². The molecule has 0 aromatic heterocycles. The van der Waals surface area contributed by atoms with Gasteiger partial charge >= 0.3 is 0 Å². The number of nitrogens with one attached hydrogen (secondary N) is 1. The van der Waals surface area contributed by atoms with Crippen LogP contribution in [0, 0.1) is 0 Å². The molecule has 0 saturated carbocycles. The average molecular weight is 566 g/mol. The zero-order valence-corrected chi connectivity index (χ0v) is 20.9. The Morgan fingerprint density at radius 1 is 0.871 bits per heavy atom. The zero-order chi connectivity index (χ0) is 22.5. The van der Waals surface area contributed by atoms with E-state index in [1.165, 1.54) is 0 Å². The lowest BCUT2D eigenvalue weighted by atomic mass is 10.2. The second-order valence-electron chi connectivity index (χ2n) is 6.49. The van der Waals surface area contributed by atoms with Gasteiger partial charge in [-0.2, -0.15) is 0 Å². The first-order valence-corrected chi connectivity index (χ1v) is 11.5. The number of phenolic OH excluding ortho intramolecular Hbond substituents is 1. The highest BCUT2D eigenvalue weighted by molar-refractivity contribution is 9.10. The van der Waals surface area contributed by atoms with Crippen molar-refractivity contribution >= 4 is 68.0 Å². The quantitative estimate of drug-likeness (QED) is 0.269. The van der Waals surface area contributed by atoms with Gasteiger partial charge in [-0.15, -0.1) is 0 Å². The van der Waals surface area contributed by atoms with E-state index in [1.54, 1.807) is 24.3 Å². The first-order chi connectivity index (χ1) is 14.8. The lowest BCUT2D eigenvalue weighted by molar-refractivity contribution is 0.269. The minimum Gasteiger partial charge on any atom is -0.505 e. The Balaban J connectivity index is 1.78. The molecule has 0 amide bonds. The molecular formula is C22H18BrCl4NO3. The smallest absolute Gasteiger partial charge is 0.162 e. The third-order valence-electron chi connectivity index (χ3n) is 4.31. The maximum absolute atomic E-state index is 9.71. The zero-order valence-electron chi connectivity index (χ0n) is 16.3. The van der Waals surface area contributed by atoms with Crippen LogP contribution in [0.5, 0.6) is 17.2 Å². The normalized spacial score (nSPS) is 10.8. The number of phenols is 1. The van der Waals surface area contributed by atoms with E-state index in [0.29, 0.717) is 40.4 Å². The topological polar surface area (TPSA) is 50.7 Å². The van der Waals surface area contributed by atoms with Crippen LogP contribution in [-0.4, -0.2) is 11.7 Å². The maximum atomic E-state index is 9.71. The summed E-state index contributed by atoms with van der Waals surface area (Å²) in [6.45, 7) is 3.11. The third-order valence-corrected chi connectivity index (χ3v) is 6.21. The van der Waals surface area contributed by atoms with Crippen molar-refractivity contribution in [3.05, 3.63) is 78.2 Å². The summed E-state index contributed by atoms with van der Waals surface area (Å²) in [6.07, 6.45) is 0. The summed E-state index contributed by atoms with van der Waals surface area (Å²) in [5, 5.41) is 14.4. The second kappa shape index (κ2) is 10.9. The van der Waals surface area contributed by atoms with Crippen LogP contribution in [0.15, 0.2) is 46.9 Å². The highest BCUT2D eigenvalue weighted by atomic mass is 79.9. The van der Waals surface area contributed by atoms with Crippen molar-refractivity contribution in [3.8, 4) is 17.2 Å². The Morgan fingerprint density at radius 3 is 2.19 bits per heavy atom. The first kappa shape index (κ1) is 24.1. The number of hydrogen-bond acceptors (Lipinski definition) is 4. The molecule has 9 heteroatoms. The van der Waals surface area contributed by atoms with Crippen molar-refractivity contribution in [2.45, 2.75) is 20.1 Å². The van der Waals surface area contributed by atoms with Gasteiger partial charge in [0.05, 0.1) is 16.7 Å². The summed E-state index contributed by atoms with van der Waals surface area (Å²) in [4.78, 5) is 0. The Labute approximate surface area is 209 Å². The number of halogens is 5. The van der Waals surface area contributed by atoms with Crippen LogP contribution in [-0.2, 0) is 13.2 Å². The van der Waals surface area contributed by atoms with E-state index in [9.17, 15) is 5.11 Å². The van der Waals surface area contributed by atoms with Gasteiger partial charge in [-0.25, -0.2) is 0 Å². The van der Waals surface area contributed by atoms with Crippen LogP contribution >= 0.6 is 62.3 Å². The van der Waals surface area contributed by atoms with Crippen LogP contribution in [0.1, 0.15) is 18.1 Å². The molecule has 0 unspecified atom stereocenters. The van der Waals surface area contributed by atoms with Gasteiger partial charge in [0.25, 0.3) is 0 Å². The predicted octanol–water partition coefficient (Wildman–Crippen LogP) is 8.36. The SMILES string of the molecule is CCOc1cc(CNc2cc(Cl)c(O)c(Cl)c2)c(Br)cc1OCc1ccc(Cl)cc1Cl. The van der Waals surface area contributed by atoms with E-state index in [-0.39, 0.29) is 22.4 Å². The van der Waals surface area contributed by atoms with Crippen molar-refractivity contribution in [1.82, 2.24) is 0 Å². The fraction of sp³-hybridized carbons (Fsp3) is 0.182. The third kappa shape index (κ3) is 6.27. The maximum Gasteiger partial charge on any atom is 0.162 e. The van der Waals surface area contributed by atoms with E-state index in [0.717, 1.165) is 15.6 Å². The van der Waals surface area contributed by atoms with Crippen molar-refractivity contribution in [1.29, 1.82) is 0 Å². The Kier molecular flexibility index (Phi) is 8.48. The molecule has 0 heterocycles. The van der Waals surface area contributed by atoms with Gasteiger partial charge in [-0.3, -0.25) is 0 Å². The minimum absolute atomic E-state index is 0.143. The van der Waals surface area contributed by atoms with Crippen LogP contribution in [0.2, 0.25) is 20.1 Å². The van der Waals surface area contributed by atoms with Gasteiger partial charge in [0.2, 0.25) is 0 Å². The summed E-state index contributed by atoms with van der Waals surface area (Å²) in [5.41, 5.74) is 2.42. The molecule has 0 bridgehead atoms. The molecule has 0 aliphatic rings. The standard InChI is InChI=1S/C22H18BrCl4NO3/c1-2-30-20-5-13(10-28-15-7-18(26)22(29)19(27)8-15)16(23)9-21(20)31-11-12-3-4-14(24)6-17(12)25/h3-9,28-29H,2,10-11H2,1H3. The largest absolute Gasteiger partial charge is 0.505 e. The van der Waals surface area contributed by atoms with Crippen molar-refractivity contribution in [2.24, 2.45) is 0 Å². The number of benzene rings is 3. The van der Waals surface area contributed by atoms with Crippen LogP contribution in [0.4, 0.5) is 5.69 Å². The fourth-order valence-corrected chi connectivity index (χ4v) is 4.17. The summed E-state index contributed by atoms with van der Waals surface area (Å²) in [7, 11) is 0. The molecule has 0 aliphatic carbocycles. The summed E-state index contributed by atoms with van der Waals surface area (Å²) in [5.74, 6) is 1.05. The number of hydrogen-bond donors (Lipinski definition) is 2. The second-order valence-corrected chi connectivity index (χ2v) is 9.00. The number of aromatic hydroxyl groups is 1. The lowest BCUT2D eigenvalue weighted by Crippen LogP contribution is -2.04. The highest BCUT2D eigenvalue weighted by Gasteiger charge is 2.13. The number of rotatable bonds is 8.